The van der Waals surface area contributed by atoms with Gasteiger partial charge in [0.15, 0.2) is 5.82 Å². The van der Waals surface area contributed by atoms with Crippen molar-refractivity contribution in [2.24, 2.45) is 14.1 Å². The molecule has 0 fully saturated rings. The number of aromatic nitrogens is 3. The van der Waals surface area contributed by atoms with Crippen LogP contribution in [0.25, 0.3) is 0 Å². The van der Waals surface area contributed by atoms with Gasteiger partial charge in [0.05, 0.1) is 11.8 Å². The van der Waals surface area contributed by atoms with Crippen molar-refractivity contribution in [3.63, 3.8) is 0 Å². The molecule has 0 aliphatic heterocycles. The van der Waals surface area contributed by atoms with Crippen molar-refractivity contribution in [1.82, 2.24) is 35.4 Å². The van der Waals surface area contributed by atoms with E-state index in [2.05, 4.69) is 116 Å². The Morgan fingerprint density at radius 3 is 2.02 bits per heavy atom. The van der Waals surface area contributed by atoms with E-state index in [-0.39, 0.29) is 61.2 Å². The largest absolute Gasteiger partial charge is 0.356 e. The Kier molecular flexibility index (Phi) is 16.8. The van der Waals surface area contributed by atoms with E-state index in [9.17, 15) is 24.0 Å². The predicted molar refractivity (Wildman–Crippen MR) is 236 cm³/mol. The topological polar surface area (TPSA) is 180 Å². The van der Waals surface area contributed by atoms with Crippen molar-refractivity contribution < 1.29 is 24.0 Å². The minimum absolute atomic E-state index is 0.0389. The second-order valence-corrected chi connectivity index (χ2v) is 18.1. The summed E-state index contributed by atoms with van der Waals surface area (Å²) in [5.74, 6) is -1.28. The van der Waals surface area contributed by atoms with Crippen molar-refractivity contribution in [2.75, 3.05) is 50.0 Å². The molecule has 0 saturated heterocycles. The van der Waals surface area contributed by atoms with Gasteiger partial charge in [0.2, 0.25) is 23.5 Å². The van der Waals surface area contributed by atoms with Crippen LogP contribution >= 0.6 is 7.26 Å². The second kappa shape index (κ2) is 22.3. The number of allylic oxidation sites excluding steroid dienone is 4. The van der Waals surface area contributed by atoms with E-state index in [1.165, 1.54) is 32.8 Å². The Balaban J connectivity index is 1.05. The van der Waals surface area contributed by atoms with Crippen molar-refractivity contribution in [1.29, 1.82) is 0 Å². The van der Waals surface area contributed by atoms with Crippen LogP contribution in [0.5, 0.6) is 0 Å². The summed E-state index contributed by atoms with van der Waals surface area (Å²) in [7, 11) is 3.24. The number of imidazole rings is 1. The third-order valence-electron chi connectivity index (χ3n) is 10.0. The summed E-state index contributed by atoms with van der Waals surface area (Å²) >= 11 is 0. The number of aryl methyl sites for hydroxylation is 2. The summed E-state index contributed by atoms with van der Waals surface area (Å²) in [5, 5.41) is 21.0. The third kappa shape index (κ3) is 12.6. The number of hydrogen-bond donors (Lipinski definition) is 6. The van der Waals surface area contributed by atoms with Gasteiger partial charge in [-0.15, -0.1) is 0 Å². The number of rotatable bonds is 22. The van der Waals surface area contributed by atoms with Crippen molar-refractivity contribution in [3.8, 4) is 0 Å². The van der Waals surface area contributed by atoms with E-state index in [0.717, 1.165) is 44.8 Å². The van der Waals surface area contributed by atoms with E-state index in [0.29, 0.717) is 24.3 Å². The van der Waals surface area contributed by atoms with E-state index in [1.54, 1.807) is 24.9 Å². The zero-order chi connectivity index (χ0) is 42.0. The van der Waals surface area contributed by atoms with Crippen molar-refractivity contribution in [3.05, 3.63) is 114 Å². The van der Waals surface area contributed by atoms with Crippen LogP contribution in [0, 0.1) is 0 Å². The molecule has 1 aliphatic rings. The van der Waals surface area contributed by atoms with Gasteiger partial charge in [-0.25, -0.2) is 4.98 Å². The molecule has 15 heteroatoms. The van der Waals surface area contributed by atoms with Crippen molar-refractivity contribution in [2.45, 2.75) is 51.4 Å². The molecule has 59 heavy (non-hydrogen) atoms. The Morgan fingerprint density at radius 1 is 0.678 bits per heavy atom. The molecule has 0 spiro atoms. The second-order valence-electron chi connectivity index (χ2n) is 14.5. The molecule has 2 aromatic heterocycles. The number of benzene rings is 2. The Hall–Kier alpha value is -5.85. The van der Waals surface area contributed by atoms with E-state index < -0.39 is 13.2 Å². The smallest absolute Gasteiger partial charge is 0.291 e. The lowest BCUT2D eigenvalue weighted by Crippen LogP contribution is -2.32. The lowest BCUT2D eigenvalue weighted by atomic mass is 10.2. The molecular formula is C44H57N9O5P+. The van der Waals surface area contributed by atoms with Crippen LogP contribution in [0.4, 0.5) is 11.5 Å². The summed E-state index contributed by atoms with van der Waals surface area (Å²) in [4.78, 5) is 67.8. The molecule has 1 aliphatic carbocycles. The fraction of sp³-hybridized carbons (Fsp3) is 0.364. The first-order valence-electron chi connectivity index (χ1n) is 20.2. The molecule has 0 radical (unpaired) electrons. The highest BCUT2D eigenvalue weighted by molar-refractivity contribution is 7.93. The molecule has 2 heterocycles. The zero-order valence-corrected chi connectivity index (χ0v) is 35.2. The SMILES string of the molecule is CNCCCNC(=O)CCNC(=O)c1cc(NC(=O)c2nc(NC(=O)CCNC(=O)CCCC[P+](C3=CCCC=C3)(c3ccccc3)c3ccccc3)cn2C)cn1C. The van der Waals surface area contributed by atoms with Gasteiger partial charge in [-0.3, -0.25) is 24.0 Å². The third-order valence-corrected chi connectivity index (χ3v) is 14.6. The summed E-state index contributed by atoms with van der Waals surface area (Å²) in [6.45, 7) is 1.70. The normalized spacial score (nSPS) is 12.4. The lowest BCUT2D eigenvalue weighted by Gasteiger charge is -2.29. The fourth-order valence-electron chi connectivity index (χ4n) is 7.07. The maximum Gasteiger partial charge on any atom is 0.291 e. The molecule has 5 rings (SSSR count). The average molecular weight is 823 g/mol. The highest BCUT2D eigenvalue weighted by Gasteiger charge is 2.45. The molecule has 0 unspecified atom stereocenters. The number of anilines is 2. The lowest BCUT2D eigenvalue weighted by molar-refractivity contribution is -0.122. The summed E-state index contributed by atoms with van der Waals surface area (Å²) in [6, 6.07) is 23.1. The zero-order valence-electron chi connectivity index (χ0n) is 34.3. The minimum Gasteiger partial charge on any atom is -0.356 e. The van der Waals surface area contributed by atoms with Gasteiger partial charge in [-0.05, 0) is 88.2 Å². The first-order chi connectivity index (χ1) is 28.6. The standard InChI is InChI=1S/C44H56N9O5P/c1-45-25-15-26-46-40(55)23-28-48-43(57)37-30-33(31-52(37)2)49-44(58)42-51-38(32-53(42)3)50-41(56)24-27-47-39(54)22-13-14-29-59(34-16-7-4-8-17-34,35-18-9-5-10-19-35)36-20-11-6-12-21-36/h4-5,7-11,16-21,30-32,45H,6,12-15,22-29H2,1-3H3,(H4-,46,47,48,49,50,54,55,56,57,58)/p+1. The quantitative estimate of drug-likeness (QED) is 0.0503. The molecule has 2 aromatic carbocycles. The Labute approximate surface area is 347 Å². The molecule has 0 saturated carbocycles. The monoisotopic (exact) mass is 822 g/mol. The van der Waals surface area contributed by atoms with E-state index >= 15 is 0 Å². The molecule has 6 N–H and O–H groups in total. The summed E-state index contributed by atoms with van der Waals surface area (Å²) < 4.78 is 3.06. The fourth-order valence-corrected chi connectivity index (χ4v) is 11.6. The minimum atomic E-state index is -1.92. The van der Waals surface area contributed by atoms with Crippen LogP contribution in [0.1, 0.15) is 72.5 Å². The molecular weight excluding hydrogens is 766 g/mol. The average Bonchev–Trinajstić information content (AvgIpc) is 3.80. The first-order valence-corrected chi connectivity index (χ1v) is 22.2. The van der Waals surface area contributed by atoms with Crippen LogP contribution in [0.15, 0.2) is 103 Å². The maximum absolute atomic E-state index is 13.1. The maximum atomic E-state index is 13.1. The highest BCUT2D eigenvalue weighted by Crippen LogP contribution is 2.65. The molecule has 0 atom stereocenters. The van der Waals surface area contributed by atoms with Gasteiger partial charge >= 0.3 is 0 Å². The number of hydrogen-bond acceptors (Lipinski definition) is 7. The molecule has 312 valence electrons. The molecule has 4 aromatic rings. The number of nitrogens with one attached hydrogen (secondary N) is 6. The summed E-state index contributed by atoms with van der Waals surface area (Å²) in [5.41, 5.74) is 0.677. The number of unbranched alkanes of at least 4 members (excludes halogenated alkanes) is 1. The van der Waals surface area contributed by atoms with Crippen LogP contribution < -0.4 is 42.5 Å². The van der Waals surface area contributed by atoms with Crippen LogP contribution in [-0.4, -0.2) is 83.0 Å². The summed E-state index contributed by atoms with van der Waals surface area (Å²) in [6.07, 6.45) is 16.1. The molecule has 0 bridgehead atoms. The van der Waals surface area contributed by atoms with Crippen molar-refractivity contribution >= 4 is 58.9 Å². The van der Waals surface area contributed by atoms with E-state index in [1.807, 2.05) is 7.05 Å². The number of carbonyl (C=O) groups excluding carboxylic acids is 5. The van der Waals surface area contributed by atoms with Gasteiger partial charge in [-0.1, -0.05) is 42.5 Å². The van der Waals surface area contributed by atoms with Crippen LogP contribution in [-0.2, 0) is 28.5 Å². The number of nitrogens with zero attached hydrogens (tertiary/aromatic N) is 3. The van der Waals surface area contributed by atoms with Gasteiger partial charge in [0.25, 0.3) is 11.8 Å². The Morgan fingerprint density at radius 2 is 1.34 bits per heavy atom. The van der Waals surface area contributed by atoms with Gasteiger partial charge in [-0.2, -0.15) is 0 Å². The molecule has 5 amide bonds. The van der Waals surface area contributed by atoms with Gasteiger partial charge in [0, 0.05) is 65.4 Å². The predicted octanol–water partition coefficient (Wildman–Crippen LogP) is 4.37. The van der Waals surface area contributed by atoms with Gasteiger partial charge in [0.1, 0.15) is 28.9 Å². The first kappa shape index (κ1) is 44.3. The number of amides is 5. The Bertz CT molecular complexity index is 2070. The van der Waals surface area contributed by atoms with Crippen LogP contribution in [0.3, 0.4) is 0 Å². The molecule has 14 nitrogen and oxygen atoms in total. The van der Waals surface area contributed by atoms with Crippen LogP contribution in [0.2, 0.25) is 0 Å². The highest BCUT2D eigenvalue weighted by atomic mass is 31.2. The van der Waals surface area contributed by atoms with E-state index in [4.69, 9.17) is 0 Å². The van der Waals surface area contributed by atoms with Gasteiger partial charge < -0.3 is 41.0 Å². The number of carbonyl (C=O) groups is 5.